The molecule has 0 aromatic heterocycles. The predicted octanol–water partition coefficient (Wildman–Crippen LogP) is 5.93. The van der Waals surface area contributed by atoms with Gasteiger partial charge in [-0.25, -0.2) is 0 Å². The average molecular weight is 490 g/mol. The van der Waals surface area contributed by atoms with Crippen LogP contribution in [0.5, 0.6) is 5.75 Å². The van der Waals surface area contributed by atoms with Crippen LogP contribution in [-0.2, 0) is 22.6 Å². The summed E-state index contributed by atoms with van der Waals surface area (Å²) in [6.45, 7) is 0.725. The van der Waals surface area contributed by atoms with E-state index < -0.39 is 17.7 Å². The van der Waals surface area contributed by atoms with Crippen molar-refractivity contribution >= 4 is 17.4 Å². The summed E-state index contributed by atoms with van der Waals surface area (Å²) < 4.78 is 6.02. The zero-order valence-corrected chi connectivity index (χ0v) is 20.3. The van der Waals surface area contributed by atoms with Gasteiger partial charge in [-0.2, -0.15) is 0 Å². The Kier molecular flexibility index (Phi) is 7.13. The number of carbonyl (C=O) groups excluding carboxylic acids is 2. The van der Waals surface area contributed by atoms with E-state index in [1.807, 2.05) is 91.0 Å². The number of ketones is 1. The summed E-state index contributed by atoms with van der Waals surface area (Å²) in [6.07, 6.45) is 0.583. The van der Waals surface area contributed by atoms with Crippen molar-refractivity contribution in [3.63, 3.8) is 0 Å². The lowest BCUT2D eigenvalue weighted by molar-refractivity contribution is -0.139. The molecule has 0 radical (unpaired) electrons. The summed E-state index contributed by atoms with van der Waals surface area (Å²) in [4.78, 5) is 28.1. The molecule has 1 N–H and O–H groups in total. The summed E-state index contributed by atoms with van der Waals surface area (Å²) in [5.74, 6) is -0.861. The first-order valence-corrected chi connectivity index (χ1v) is 12.3. The van der Waals surface area contributed by atoms with Crippen LogP contribution in [0.1, 0.15) is 28.3 Å². The maximum absolute atomic E-state index is 13.3. The average Bonchev–Trinajstić information content (AvgIpc) is 3.21. The summed E-state index contributed by atoms with van der Waals surface area (Å²) in [7, 11) is 0. The molecule has 0 bridgehead atoms. The van der Waals surface area contributed by atoms with Crippen LogP contribution in [0.4, 0.5) is 0 Å². The number of ether oxygens (including phenoxy) is 1. The molecular weight excluding hydrogens is 462 g/mol. The minimum atomic E-state index is -0.732. The topological polar surface area (TPSA) is 66.8 Å². The van der Waals surface area contributed by atoms with Crippen LogP contribution in [0.3, 0.4) is 0 Å². The van der Waals surface area contributed by atoms with E-state index in [1.165, 1.54) is 0 Å². The minimum absolute atomic E-state index is 0.0875. The maximum Gasteiger partial charge on any atom is 0.295 e. The van der Waals surface area contributed by atoms with E-state index in [9.17, 15) is 14.7 Å². The third kappa shape index (κ3) is 5.31. The lowest BCUT2D eigenvalue weighted by atomic mass is 9.95. The fourth-order valence-corrected chi connectivity index (χ4v) is 4.62. The molecule has 0 spiro atoms. The Morgan fingerprint density at radius 1 is 0.757 bits per heavy atom. The molecule has 4 aromatic carbocycles. The number of hydrogen-bond acceptors (Lipinski definition) is 4. The first-order chi connectivity index (χ1) is 18.1. The highest BCUT2D eigenvalue weighted by Crippen LogP contribution is 2.40. The highest BCUT2D eigenvalue weighted by molar-refractivity contribution is 6.46. The molecule has 1 fully saturated rings. The molecule has 1 saturated heterocycles. The molecule has 1 amide bonds. The number of rotatable bonds is 8. The SMILES string of the molecule is O=C1C(=O)N(CCc2ccccc2)C(c2cccc(OCc3ccccc3)c2)/C1=C(\O)c1ccccc1. The lowest BCUT2D eigenvalue weighted by Gasteiger charge is -2.26. The van der Waals surface area contributed by atoms with Gasteiger partial charge >= 0.3 is 0 Å². The Hall–Kier alpha value is -4.64. The van der Waals surface area contributed by atoms with Gasteiger partial charge in [-0.3, -0.25) is 9.59 Å². The number of likely N-dealkylation sites (tertiary alicyclic amines) is 1. The van der Waals surface area contributed by atoms with Crippen LogP contribution < -0.4 is 4.74 Å². The Morgan fingerprint density at radius 2 is 1.38 bits per heavy atom. The number of aliphatic hydroxyl groups is 1. The number of hydrogen-bond donors (Lipinski definition) is 1. The second-order valence-electron chi connectivity index (χ2n) is 8.94. The van der Waals surface area contributed by atoms with E-state index in [0.29, 0.717) is 36.4 Å². The van der Waals surface area contributed by atoms with Crippen LogP contribution in [-0.4, -0.2) is 28.2 Å². The number of amides is 1. The van der Waals surface area contributed by atoms with Crippen molar-refractivity contribution in [3.8, 4) is 5.75 Å². The quantitative estimate of drug-likeness (QED) is 0.189. The van der Waals surface area contributed by atoms with Gasteiger partial charge < -0.3 is 14.7 Å². The highest BCUT2D eigenvalue weighted by Gasteiger charge is 2.45. The van der Waals surface area contributed by atoms with Crippen molar-refractivity contribution in [2.75, 3.05) is 6.54 Å². The van der Waals surface area contributed by atoms with Crippen molar-refractivity contribution in [2.24, 2.45) is 0 Å². The van der Waals surface area contributed by atoms with E-state index in [2.05, 4.69) is 0 Å². The van der Waals surface area contributed by atoms with Gasteiger partial charge in [0, 0.05) is 12.1 Å². The molecule has 37 heavy (non-hydrogen) atoms. The fourth-order valence-electron chi connectivity index (χ4n) is 4.62. The molecular formula is C32H27NO4. The number of benzene rings is 4. The Morgan fingerprint density at radius 3 is 2.05 bits per heavy atom. The van der Waals surface area contributed by atoms with Crippen molar-refractivity contribution in [1.29, 1.82) is 0 Å². The molecule has 0 saturated carbocycles. The molecule has 1 heterocycles. The monoisotopic (exact) mass is 489 g/mol. The van der Waals surface area contributed by atoms with Gasteiger partial charge in [-0.15, -0.1) is 0 Å². The van der Waals surface area contributed by atoms with Crippen molar-refractivity contribution in [2.45, 2.75) is 19.1 Å². The zero-order chi connectivity index (χ0) is 25.6. The predicted molar refractivity (Wildman–Crippen MR) is 143 cm³/mol. The number of nitrogens with zero attached hydrogens (tertiary/aromatic N) is 1. The van der Waals surface area contributed by atoms with Crippen molar-refractivity contribution in [3.05, 3.63) is 143 Å². The van der Waals surface area contributed by atoms with Gasteiger partial charge in [-0.1, -0.05) is 103 Å². The molecule has 0 aliphatic carbocycles. The lowest BCUT2D eigenvalue weighted by Crippen LogP contribution is -2.31. The second-order valence-corrected chi connectivity index (χ2v) is 8.94. The summed E-state index contributed by atoms with van der Waals surface area (Å²) in [5.41, 5.74) is 3.38. The van der Waals surface area contributed by atoms with Crippen LogP contribution in [0.15, 0.2) is 121 Å². The number of carbonyl (C=O) groups is 2. The van der Waals surface area contributed by atoms with E-state index in [1.54, 1.807) is 29.2 Å². The fraction of sp³-hybridized carbons (Fsp3) is 0.125. The maximum atomic E-state index is 13.3. The molecule has 1 aliphatic heterocycles. The highest BCUT2D eigenvalue weighted by atomic mass is 16.5. The molecule has 1 atom stereocenters. The van der Waals surface area contributed by atoms with Crippen LogP contribution in [0.25, 0.3) is 5.76 Å². The molecule has 5 nitrogen and oxygen atoms in total. The molecule has 5 heteroatoms. The Balaban J connectivity index is 1.51. The molecule has 5 rings (SSSR count). The van der Waals surface area contributed by atoms with Crippen LogP contribution in [0.2, 0.25) is 0 Å². The van der Waals surface area contributed by atoms with Gasteiger partial charge in [0.05, 0.1) is 11.6 Å². The Bertz CT molecular complexity index is 1420. The van der Waals surface area contributed by atoms with Gasteiger partial charge in [0.25, 0.3) is 11.7 Å². The molecule has 4 aromatic rings. The van der Waals surface area contributed by atoms with Crippen molar-refractivity contribution < 1.29 is 19.4 Å². The van der Waals surface area contributed by atoms with Crippen LogP contribution in [0, 0.1) is 0 Å². The third-order valence-corrected chi connectivity index (χ3v) is 6.49. The normalized spacial score (nSPS) is 16.6. The van der Waals surface area contributed by atoms with E-state index >= 15 is 0 Å². The van der Waals surface area contributed by atoms with E-state index in [-0.39, 0.29) is 11.3 Å². The Labute approximate surface area is 216 Å². The van der Waals surface area contributed by atoms with Gasteiger partial charge in [0.15, 0.2) is 0 Å². The van der Waals surface area contributed by atoms with Crippen molar-refractivity contribution in [1.82, 2.24) is 4.90 Å². The van der Waals surface area contributed by atoms with Gasteiger partial charge in [0.1, 0.15) is 18.1 Å². The third-order valence-electron chi connectivity index (χ3n) is 6.49. The molecule has 184 valence electrons. The zero-order valence-electron chi connectivity index (χ0n) is 20.3. The van der Waals surface area contributed by atoms with Crippen LogP contribution >= 0.6 is 0 Å². The standard InChI is InChI=1S/C32H27NO4/c34-30(25-15-8-3-9-16-25)28-29(33(32(36)31(28)35)20-19-23-11-4-1-5-12-23)26-17-10-18-27(21-26)37-22-24-13-6-2-7-14-24/h1-18,21,29,34H,19-20,22H2/b30-28+. The van der Waals surface area contributed by atoms with Gasteiger partial charge in [0.2, 0.25) is 0 Å². The van der Waals surface area contributed by atoms with E-state index in [4.69, 9.17) is 4.74 Å². The van der Waals surface area contributed by atoms with Gasteiger partial charge in [-0.05, 0) is 35.2 Å². The largest absolute Gasteiger partial charge is 0.507 e. The first kappa shape index (κ1) is 24.1. The molecule has 1 unspecified atom stereocenters. The molecule has 1 aliphatic rings. The summed E-state index contributed by atoms with van der Waals surface area (Å²) in [5, 5.41) is 11.2. The summed E-state index contributed by atoms with van der Waals surface area (Å²) in [6, 6.07) is 35.2. The summed E-state index contributed by atoms with van der Waals surface area (Å²) >= 11 is 0. The smallest absolute Gasteiger partial charge is 0.295 e. The van der Waals surface area contributed by atoms with E-state index in [0.717, 1.165) is 11.1 Å². The number of Topliss-reactive ketones (excluding diaryl/α,β-unsaturated/α-hetero) is 1. The minimum Gasteiger partial charge on any atom is -0.507 e. The second kappa shape index (κ2) is 11.0. The number of aliphatic hydroxyl groups excluding tert-OH is 1. The first-order valence-electron chi connectivity index (χ1n) is 12.3.